The van der Waals surface area contributed by atoms with Gasteiger partial charge in [0.2, 0.25) is 0 Å². The summed E-state index contributed by atoms with van der Waals surface area (Å²) in [7, 11) is 0. The number of amides is 1. The molecule has 1 N–H and O–H groups in total. The lowest BCUT2D eigenvalue weighted by Crippen LogP contribution is -2.47. The Bertz CT molecular complexity index is 493. The first-order chi connectivity index (χ1) is 9.71. The predicted octanol–water partition coefficient (Wildman–Crippen LogP) is 4.05. The zero-order valence-electron chi connectivity index (χ0n) is 12.1. The molecule has 1 aromatic heterocycles. The topological polar surface area (TPSA) is 52.9 Å². The minimum atomic E-state index is -0.660. The first-order valence-corrected chi connectivity index (χ1v) is 8.39. The highest BCUT2D eigenvalue weighted by atomic mass is 32.1. The normalized spacial score (nSPS) is 18.6. The van der Waals surface area contributed by atoms with E-state index in [4.69, 9.17) is 0 Å². The fraction of sp³-hybridized carbons (Fsp3) is 0.625. The Labute approximate surface area is 125 Å². The van der Waals surface area contributed by atoms with E-state index in [1.807, 2.05) is 11.4 Å². The minimum absolute atomic E-state index is 0.0704. The molecule has 0 spiro atoms. The second-order valence-corrected chi connectivity index (χ2v) is 6.46. The van der Waals surface area contributed by atoms with Crippen LogP contribution in [0.2, 0.25) is 0 Å². The van der Waals surface area contributed by atoms with Crippen molar-refractivity contribution in [2.45, 2.75) is 63.8 Å². The lowest BCUT2D eigenvalue weighted by atomic mass is 9.85. The van der Waals surface area contributed by atoms with Gasteiger partial charge in [-0.25, -0.2) is 0 Å². The third-order valence-corrected chi connectivity index (χ3v) is 5.06. The van der Waals surface area contributed by atoms with Crippen molar-refractivity contribution in [3.8, 4) is 6.07 Å². The number of hydrogen-bond donors (Lipinski definition) is 1. The molecule has 0 unspecified atom stereocenters. The van der Waals surface area contributed by atoms with E-state index in [-0.39, 0.29) is 5.91 Å². The fourth-order valence-corrected chi connectivity index (χ4v) is 3.75. The molecule has 1 aliphatic carbocycles. The lowest BCUT2D eigenvalue weighted by Gasteiger charge is -2.29. The summed E-state index contributed by atoms with van der Waals surface area (Å²) in [5, 5.41) is 14.6. The third kappa shape index (κ3) is 3.40. The number of nitriles is 1. The molecule has 0 aromatic carbocycles. The zero-order chi connectivity index (χ0) is 14.4. The molecule has 0 saturated heterocycles. The van der Waals surface area contributed by atoms with Crippen molar-refractivity contribution in [2.24, 2.45) is 0 Å². The van der Waals surface area contributed by atoms with Gasteiger partial charge in [0.1, 0.15) is 5.54 Å². The van der Waals surface area contributed by atoms with Gasteiger partial charge in [-0.3, -0.25) is 4.79 Å². The molecule has 1 aromatic rings. The SMILES string of the molecule is CCc1ccsc1C(=O)NC1(C#N)CCCCCCC1. The van der Waals surface area contributed by atoms with Crippen LogP contribution in [-0.4, -0.2) is 11.4 Å². The predicted molar refractivity (Wildman–Crippen MR) is 81.8 cm³/mol. The Morgan fingerprint density at radius 2 is 2.00 bits per heavy atom. The number of nitrogens with zero attached hydrogens (tertiary/aromatic N) is 1. The molecule has 1 amide bonds. The number of rotatable bonds is 3. The van der Waals surface area contributed by atoms with Crippen LogP contribution in [0.3, 0.4) is 0 Å². The summed E-state index contributed by atoms with van der Waals surface area (Å²) >= 11 is 1.47. The van der Waals surface area contributed by atoms with Crippen LogP contribution in [-0.2, 0) is 6.42 Å². The molecule has 1 saturated carbocycles. The zero-order valence-corrected chi connectivity index (χ0v) is 12.9. The maximum absolute atomic E-state index is 12.5. The van der Waals surface area contributed by atoms with E-state index >= 15 is 0 Å². The van der Waals surface area contributed by atoms with Crippen LogP contribution >= 0.6 is 11.3 Å². The molecule has 0 atom stereocenters. The largest absolute Gasteiger partial charge is 0.333 e. The van der Waals surface area contributed by atoms with Crippen LogP contribution in [0.15, 0.2) is 11.4 Å². The summed E-state index contributed by atoms with van der Waals surface area (Å²) in [5.74, 6) is -0.0704. The summed E-state index contributed by atoms with van der Waals surface area (Å²) in [6, 6.07) is 4.38. The van der Waals surface area contributed by atoms with Crippen LogP contribution < -0.4 is 5.32 Å². The van der Waals surface area contributed by atoms with E-state index in [0.29, 0.717) is 0 Å². The maximum atomic E-state index is 12.5. The van der Waals surface area contributed by atoms with Gasteiger partial charge in [-0.15, -0.1) is 11.3 Å². The van der Waals surface area contributed by atoms with E-state index in [1.54, 1.807) is 0 Å². The first-order valence-electron chi connectivity index (χ1n) is 7.51. The van der Waals surface area contributed by atoms with Gasteiger partial charge >= 0.3 is 0 Å². The summed E-state index contributed by atoms with van der Waals surface area (Å²) in [4.78, 5) is 13.2. The van der Waals surface area contributed by atoms with Crippen molar-refractivity contribution in [1.29, 1.82) is 5.26 Å². The van der Waals surface area contributed by atoms with Gasteiger partial charge in [0.25, 0.3) is 5.91 Å². The van der Waals surface area contributed by atoms with Crippen molar-refractivity contribution in [1.82, 2.24) is 5.32 Å². The highest BCUT2D eigenvalue weighted by Crippen LogP contribution is 2.27. The van der Waals surface area contributed by atoms with Gasteiger partial charge in [-0.05, 0) is 36.3 Å². The lowest BCUT2D eigenvalue weighted by molar-refractivity contribution is 0.0911. The van der Waals surface area contributed by atoms with Gasteiger partial charge in [-0.1, -0.05) is 39.0 Å². The van der Waals surface area contributed by atoms with Crippen LogP contribution in [0.25, 0.3) is 0 Å². The molecule has 1 aliphatic rings. The Kier molecular flexibility index (Phi) is 5.19. The second-order valence-electron chi connectivity index (χ2n) is 5.54. The number of aryl methyl sites for hydroxylation is 1. The Morgan fingerprint density at radius 3 is 2.60 bits per heavy atom. The summed E-state index contributed by atoms with van der Waals surface area (Å²) in [6.45, 7) is 2.05. The Balaban J connectivity index is 2.12. The molecule has 0 radical (unpaired) electrons. The maximum Gasteiger partial charge on any atom is 0.262 e. The number of carbonyl (C=O) groups excluding carboxylic acids is 1. The van der Waals surface area contributed by atoms with Crippen LogP contribution in [0.4, 0.5) is 0 Å². The molecule has 4 heteroatoms. The van der Waals surface area contributed by atoms with Crippen molar-refractivity contribution in [3.05, 3.63) is 21.9 Å². The van der Waals surface area contributed by atoms with Gasteiger partial charge < -0.3 is 5.32 Å². The smallest absolute Gasteiger partial charge is 0.262 e. The molecular formula is C16H22N2OS. The average Bonchev–Trinajstić information content (AvgIpc) is 2.90. The van der Waals surface area contributed by atoms with E-state index in [0.717, 1.165) is 42.5 Å². The molecule has 0 aliphatic heterocycles. The van der Waals surface area contributed by atoms with Gasteiger partial charge in [0.15, 0.2) is 0 Å². The number of thiophene rings is 1. The summed E-state index contributed by atoms with van der Waals surface area (Å²) in [5.41, 5.74) is 0.415. The molecular weight excluding hydrogens is 268 g/mol. The summed E-state index contributed by atoms with van der Waals surface area (Å²) in [6.07, 6.45) is 8.05. The van der Waals surface area contributed by atoms with Crippen LogP contribution in [0.1, 0.15) is 67.1 Å². The van der Waals surface area contributed by atoms with Gasteiger partial charge in [0.05, 0.1) is 10.9 Å². The number of nitrogens with one attached hydrogen (secondary N) is 1. The molecule has 1 fully saturated rings. The van der Waals surface area contributed by atoms with E-state index in [9.17, 15) is 10.1 Å². The highest BCUT2D eigenvalue weighted by molar-refractivity contribution is 7.12. The quantitative estimate of drug-likeness (QED) is 0.913. The molecule has 1 heterocycles. The summed E-state index contributed by atoms with van der Waals surface area (Å²) < 4.78 is 0. The average molecular weight is 290 g/mol. The molecule has 3 nitrogen and oxygen atoms in total. The fourth-order valence-electron chi connectivity index (χ4n) is 2.86. The first kappa shape index (κ1) is 15.1. The highest BCUT2D eigenvalue weighted by Gasteiger charge is 2.32. The van der Waals surface area contributed by atoms with Crippen molar-refractivity contribution >= 4 is 17.2 Å². The van der Waals surface area contributed by atoms with Crippen molar-refractivity contribution in [3.63, 3.8) is 0 Å². The van der Waals surface area contributed by atoms with Gasteiger partial charge in [-0.2, -0.15) is 5.26 Å². The minimum Gasteiger partial charge on any atom is -0.333 e. The van der Waals surface area contributed by atoms with E-state index in [2.05, 4.69) is 18.3 Å². The molecule has 20 heavy (non-hydrogen) atoms. The second kappa shape index (κ2) is 6.90. The molecule has 108 valence electrons. The van der Waals surface area contributed by atoms with Crippen molar-refractivity contribution < 1.29 is 4.79 Å². The molecule has 0 bridgehead atoms. The standard InChI is InChI=1S/C16H22N2OS/c1-2-13-8-11-20-14(13)15(19)18-16(12-17)9-6-4-3-5-7-10-16/h8,11H,2-7,9-10H2,1H3,(H,18,19). The Hall–Kier alpha value is -1.34. The van der Waals surface area contributed by atoms with Crippen molar-refractivity contribution in [2.75, 3.05) is 0 Å². The van der Waals surface area contributed by atoms with Gasteiger partial charge in [0, 0.05) is 0 Å². The number of carbonyl (C=O) groups is 1. The Morgan fingerprint density at radius 1 is 1.35 bits per heavy atom. The van der Waals surface area contributed by atoms with Crippen LogP contribution in [0, 0.1) is 11.3 Å². The number of hydrogen-bond acceptors (Lipinski definition) is 3. The van der Waals surface area contributed by atoms with Crippen LogP contribution in [0.5, 0.6) is 0 Å². The third-order valence-electron chi connectivity index (χ3n) is 4.11. The monoisotopic (exact) mass is 290 g/mol. The van der Waals surface area contributed by atoms with E-state index < -0.39 is 5.54 Å². The molecule has 2 rings (SSSR count). The van der Waals surface area contributed by atoms with E-state index in [1.165, 1.54) is 30.6 Å².